The van der Waals surface area contributed by atoms with E-state index in [1.165, 1.54) is 0 Å². The molecule has 0 saturated heterocycles. The highest BCUT2D eigenvalue weighted by atomic mass is 16.3. The molecule has 272 valence electrons. The SMILES string of the molecule is c1ccc(-c2ccc(-c3ccc(-c4cccc5c4oc4ccccc45)cc3)c(N(c3ccc4c(c3)oc3ccccc34)c3cccc4oc5ccccc5c34)c2)cc1. The molecule has 0 bridgehead atoms. The number of anilines is 3. The van der Waals surface area contributed by atoms with E-state index in [1.54, 1.807) is 0 Å². The van der Waals surface area contributed by atoms with Gasteiger partial charge in [-0.3, -0.25) is 0 Å². The van der Waals surface area contributed by atoms with Crippen LogP contribution in [0.3, 0.4) is 0 Å². The van der Waals surface area contributed by atoms with Gasteiger partial charge in [0.05, 0.1) is 16.8 Å². The Bertz CT molecular complexity index is 3520. The van der Waals surface area contributed by atoms with E-state index in [0.29, 0.717) is 0 Å². The van der Waals surface area contributed by atoms with Gasteiger partial charge in [-0.25, -0.2) is 0 Å². The van der Waals surface area contributed by atoms with Crippen LogP contribution in [0.5, 0.6) is 0 Å². The molecule has 58 heavy (non-hydrogen) atoms. The van der Waals surface area contributed by atoms with Crippen molar-refractivity contribution < 1.29 is 13.3 Å². The average Bonchev–Trinajstić information content (AvgIpc) is 3.98. The molecule has 0 aliphatic carbocycles. The minimum atomic E-state index is 0.831. The first-order chi connectivity index (χ1) is 28.7. The van der Waals surface area contributed by atoms with Crippen molar-refractivity contribution in [1.82, 2.24) is 0 Å². The Morgan fingerprint density at radius 1 is 0.293 bits per heavy atom. The number of nitrogens with zero attached hydrogens (tertiary/aromatic N) is 1. The number of rotatable bonds is 6. The third-order valence-electron chi connectivity index (χ3n) is 11.5. The molecule has 0 radical (unpaired) electrons. The van der Waals surface area contributed by atoms with Crippen molar-refractivity contribution in [2.75, 3.05) is 4.90 Å². The molecule has 0 amide bonds. The standard InChI is InChI=1S/C54H33NO3/c1-2-12-34(13-3-1)37-28-30-39(35-24-26-36(27-25-35)40-17-10-18-44-42-15-5-8-21-49(42)58-54(40)44)47(32-37)55(38-29-31-43-41-14-4-7-20-48(41)57-52(43)33-38)46-19-11-23-51-53(46)45-16-6-9-22-50(45)56-51/h1-33H. The van der Waals surface area contributed by atoms with Gasteiger partial charge in [0.1, 0.15) is 33.5 Å². The van der Waals surface area contributed by atoms with Crippen molar-refractivity contribution in [2.45, 2.75) is 0 Å². The Hall–Kier alpha value is -7.82. The predicted octanol–water partition coefficient (Wildman–Crippen LogP) is 15.9. The summed E-state index contributed by atoms with van der Waals surface area (Å²) in [6, 6.07) is 70.3. The molecule has 9 aromatic carbocycles. The highest BCUT2D eigenvalue weighted by molar-refractivity contribution is 6.15. The summed E-state index contributed by atoms with van der Waals surface area (Å²) in [5.41, 5.74) is 14.8. The molecule has 3 heterocycles. The van der Waals surface area contributed by atoms with Crippen LogP contribution in [0.1, 0.15) is 0 Å². The van der Waals surface area contributed by atoms with Crippen LogP contribution in [0.2, 0.25) is 0 Å². The van der Waals surface area contributed by atoms with E-state index in [2.05, 4.69) is 169 Å². The number of para-hydroxylation sites is 4. The third-order valence-corrected chi connectivity index (χ3v) is 11.5. The Balaban J connectivity index is 1.10. The zero-order chi connectivity index (χ0) is 38.2. The van der Waals surface area contributed by atoms with Crippen LogP contribution in [-0.2, 0) is 0 Å². The first-order valence-corrected chi connectivity index (χ1v) is 19.6. The lowest BCUT2D eigenvalue weighted by molar-refractivity contribution is 0.669. The van der Waals surface area contributed by atoms with Crippen molar-refractivity contribution in [3.05, 3.63) is 200 Å². The quantitative estimate of drug-likeness (QED) is 0.170. The first-order valence-electron chi connectivity index (χ1n) is 19.6. The Morgan fingerprint density at radius 3 is 1.66 bits per heavy atom. The summed E-state index contributed by atoms with van der Waals surface area (Å²) in [5.74, 6) is 0. The zero-order valence-electron chi connectivity index (χ0n) is 31.2. The number of hydrogen-bond donors (Lipinski definition) is 0. The second-order valence-electron chi connectivity index (χ2n) is 14.8. The molecule has 3 aromatic heterocycles. The first kappa shape index (κ1) is 32.4. The Kier molecular flexibility index (Phi) is 7.20. The van der Waals surface area contributed by atoms with Gasteiger partial charge in [-0.2, -0.15) is 0 Å². The van der Waals surface area contributed by atoms with Crippen molar-refractivity contribution in [2.24, 2.45) is 0 Å². The highest BCUT2D eigenvalue weighted by Gasteiger charge is 2.24. The van der Waals surface area contributed by atoms with Crippen molar-refractivity contribution in [3.8, 4) is 33.4 Å². The molecule has 0 N–H and O–H groups in total. The molecule has 0 spiro atoms. The highest BCUT2D eigenvalue weighted by Crippen LogP contribution is 2.48. The van der Waals surface area contributed by atoms with Gasteiger partial charge in [0.2, 0.25) is 0 Å². The fourth-order valence-electron chi connectivity index (χ4n) is 8.78. The second kappa shape index (κ2) is 12.9. The van der Waals surface area contributed by atoms with E-state index >= 15 is 0 Å². The van der Waals surface area contributed by atoms with Gasteiger partial charge in [0.15, 0.2) is 0 Å². The molecule has 0 atom stereocenters. The molecule has 0 fully saturated rings. The molecule has 4 nitrogen and oxygen atoms in total. The molecule has 0 unspecified atom stereocenters. The van der Waals surface area contributed by atoms with Crippen LogP contribution in [0, 0.1) is 0 Å². The summed E-state index contributed by atoms with van der Waals surface area (Å²) in [7, 11) is 0. The van der Waals surface area contributed by atoms with Crippen molar-refractivity contribution >= 4 is 82.9 Å². The van der Waals surface area contributed by atoms with Crippen LogP contribution in [-0.4, -0.2) is 0 Å². The maximum atomic E-state index is 6.52. The summed E-state index contributed by atoms with van der Waals surface area (Å²) in [6.07, 6.45) is 0. The van der Waals surface area contributed by atoms with Gasteiger partial charge in [-0.15, -0.1) is 0 Å². The minimum absolute atomic E-state index is 0.831. The molecule has 12 aromatic rings. The summed E-state index contributed by atoms with van der Waals surface area (Å²) in [6.45, 7) is 0. The minimum Gasteiger partial charge on any atom is -0.456 e. The van der Waals surface area contributed by atoms with Crippen molar-refractivity contribution in [3.63, 3.8) is 0 Å². The lowest BCUT2D eigenvalue weighted by Gasteiger charge is -2.29. The molecular formula is C54H33NO3. The molecule has 12 rings (SSSR count). The molecule has 0 aliphatic heterocycles. The normalized spacial score (nSPS) is 11.8. The fourth-order valence-corrected chi connectivity index (χ4v) is 8.78. The number of furan rings is 3. The number of benzene rings is 9. The lowest BCUT2D eigenvalue weighted by atomic mass is 9.94. The van der Waals surface area contributed by atoms with Crippen molar-refractivity contribution in [1.29, 1.82) is 0 Å². The van der Waals surface area contributed by atoms with E-state index in [4.69, 9.17) is 13.3 Å². The van der Waals surface area contributed by atoms with Gasteiger partial charge >= 0.3 is 0 Å². The maximum absolute atomic E-state index is 6.52. The maximum Gasteiger partial charge on any atom is 0.143 e. The van der Waals surface area contributed by atoms with Crippen LogP contribution in [0.4, 0.5) is 17.1 Å². The summed E-state index contributed by atoms with van der Waals surface area (Å²) in [4.78, 5) is 2.38. The molecule has 4 heteroatoms. The average molecular weight is 744 g/mol. The zero-order valence-corrected chi connectivity index (χ0v) is 31.2. The van der Waals surface area contributed by atoms with Gasteiger partial charge in [-0.1, -0.05) is 146 Å². The molecule has 0 aliphatic rings. The van der Waals surface area contributed by atoms with Crippen LogP contribution >= 0.6 is 0 Å². The number of hydrogen-bond acceptors (Lipinski definition) is 4. The smallest absolute Gasteiger partial charge is 0.143 e. The Labute approximate surface area is 333 Å². The summed E-state index contributed by atoms with van der Waals surface area (Å²) >= 11 is 0. The molecular weight excluding hydrogens is 711 g/mol. The topological polar surface area (TPSA) is 42.7 Å². The summed E-state index contributed by atoms with van der Waals surface area (Å²) < 4.78 is 19.4. The Morgan fingerprint density at radius 2 is 0.862 bits per heavy atom. The van der Waals surface area contributed by atoms with E-state index < -0.39 is 0 Å². The van der Waals surface area contributed by atoms with Crippen LogP contribution in [0.25, 0.3) is 99.2 Å². The van der Waals surface area contributed by atoms with E-state index in [-0.39, 0.29) is 0 Å². The predicted molar refractivity (Wildman–Crippen MR) is 239 cm³/mol. The van der Waals surface area contributed by atoms with Crippen LogP contribution in [0.15, 0.2) is 213 Å². The second-order valence-corrected chi connectivity index (χ2v) is 14.8. The van der Waals surface area contributed by atoms with Gasteiger partial charge in [0.25, 0.3) is 0 Å². The fraction of sp³-hybridized carbons (Fsp3) is 0. The summed E-state index contributed by atoms with van der Waals surface area (Å²) in [5, 5.41) is 6.54. The largest absolute Gasteiger partial charge is 0.456 e. The molecule has 0 saturated carbocycles. The van der Waals surface area contributed by atoms with Gasteiger partial charge < -0.3 is 18.2 Å². The monoisotopic (exact) mass is 743 g/mol. The van der Waals surface area contributed by atoms with Crippen LogP contribution < -0.4 is 4.90 Å². The number of fused-ring (bicyclic) bond motifs is 9. The van der Waals surface area contributed by atoms with Gasteiger partial charge in [0, 0.05) is 49.8 Å². The lowest BCUT2D eigenvalue weighted by Crippen LogP contribution is -2.12. The van der Waals surface area contributed by atoms with E-state index in [0.717, 1.165) is 116 Å². The third kappa shape index (κ3) is 5.09. The van der Waals surface area contributed by atoms with Gasteiger partial charge in [-0.05, 0) is 70.8 Å². The van der Waals surface area contributed by atoms with E-state index in [9.17, 15) is 0 Å². The van der Waals surface area contributed by atoms with E-state index in [1.807, 2.05) is 36.4 Å².